The summed E-state index contributed by atoms with van der Waals surface area (Å²) in [6, 6.07) is 20.0. The zero-order chi connectivity index (χ0) is 26.2. The highest BCUT2D eigenvalue weighted by molar-refractivity contribution is 6.11. The van der Waals surface area contributed by atoms with Gasteiger partial charge in [0.2, 0.25) is 11.8 Å². The minimum Gasteiger partial charge on any atom is -0.310 e. The normalized spacial score (nSPS) is 11.5. The number of pyridine rings is 2. The fourth-order valence-electron chi connectivity index (χ4n) is 3.86. The largest absolute Gasteiger partial charge is 0.310 e. The molecule has 2 aromatic heterocycles. The molecule has 0 fully saturated rings. The van der Waals surface area contributed by atoms with Crippen LogP contribution >= 0.6 is 0 Å². The highest BCUT2D eigenvalue weighted by atomic mass is 19.1. The summed E-state index contributed by atoms with van der Waals surface area (Å²) >= 11 is 0. The van der Waals surface area contributed by atoms with E-state index < -0.39 is 41.1 Å². The number of aromatic nitrogens is 2. The number of ketones is 1. The average Bonchev–Trinajstić information content (AvgIpc) is 2.90. The maximum Gasteiger partial charge on any atom is 0.238 e. The molecule has 0 saturated carbocycles. The van der Waals surface area contributed by atoms with Crippen LogP contribution in [0.25, 0.3) is 0 Å². The van der Waals surface area contributed by atoms with Crippen molar-refractivity contribution in [1.29, 1.82) is 0 Å². The van der Waals surface area contributed by atoms with Crippen molar-refractivity contribution in [3.63, 3.8) is 0 Å². The Balaban J connectivity index is 1.73. The topological polar surface area (TPSA) is 101 Å². The van der Waals surface area contributed by atoms with Crippen LogP contribution in [0.5, 0.6) is 0 Å². The number of Topliss-reactive ketones (excluding diaryl/α,β-unsaturated/α-hetero) is 1. The summed E-state index contributed by atoms with van der Waals surface area (Å²) < 4.78 is 27.1. The van der Waals surface area contributed by atoms with Gasteiger partial charge in [-0.05, 0) is 66.2 Å². The Morgan fingerprint density at radius 1 is 0.676 bits per heavy atom. The lowest BCUT2D eigenvalue weighted by Crippen LogP contribution is -2.39. The predicted molar refractivity (Wildman–Crippen MR) is 134 cm³/mol. The molecule has 2 N–H and O–H groups in total. The molecule has 0 saturated heterocycles. The number of carbonyl (C=O) groups excluding carboxylic acids is 3. The predicted octanol–water partition coefficient (Wildman–Crippen LogP) is 5.01. The monoisotopic (exact) mass is 500 g/mol. The Kier molecular flexibility index (Phi) is 8.05. The minimum atomic E-state index is -1.43. The molecule has 1 unspecified atom stereocenters. The van der Waals surface area contributed by atoms with E-state index in [1.165, 1.54) is 48.8 Å². The van der Waals surface area contributed by atoms with E-state index in [2.05, 4.69) is 20.6 Å². The van der Waals surface area contributed by atoms with Gasteiger partial charge in [-0.3, -0.25) is 14.4 Å². The summed E-state index contributed by atoms with van der Waals surface area (Å²) in [5.74, 6) is -4.87. The second-order valence-corrected chi connectivity index (χ2v) is 8.18. The van der Waals surface area contributed by atoms with Gasteiger partial charge in [0.05, 0.1) is 0 Å². The molecule has 1 atom stereocenters. The maximum atomic E-state index is 13.7. The zero-order valence-electron chi connectivity index (χ0n) is 19.5. The van der Waals surface area contributed by atoms with Gasteiger partial charge < -0.3 is 10.6 Å². The van der Waals surface area contributed by atoms with Crippen LogP contribution in [0.3, 0.4) is 0 Å². The lowest BCUT2D eigenvalue weighted by molar-refractivity contribution is -0.130. The molecule has 0 aliphatic carbocycles. The van der Waals surface area contributed by atoms with E-state index in [9.17, 15) is 23.2 Å². The Morgan fingerprint density at radius 3 is 1.62 bits per heavy atom. The van der Waals surface area contributed by atoms with Crippen molar-refractivity contribution in [1.82, 2.24) is 9.97 Å². The summed E-state index contributed by atoms with van der Waals surface area (Å²) in [7, 11) is 0. The molecule has 0 aliphatic heterocycles. The lowest BCUT2D eigenvalue weighted by atomic mass is 9.80. The number of nitrogens with zero attached hydrogens (tertiary/aromatic N) is 2. The van der Waals surface area contributed by atoms with Gasteiger partial charge in [0.1, 0.15) is 29.2 Å². The molecule has 0 bridgehead atoms. The van der Waals surface area contributed by atoms with E-state index in [1.807, 2.05) is 0 Å². The third kappa shape index (κ3) is 6.66. The number of amides is 2. The second kappa shape index (κ2) is 11.8. The van der Waals surface area contributed by atoms with Gasteiger partial charge in [-0.15, -0.1) is 0 Å². The Labute approximate surface area is 211 Å². The van der Waals surface area contributed by atoms with Crippen LogP contribution in [-0.2, 0) is 9.59 Å². The van der Waals surface area contributed by atoms with Crippen molar-refractivity contribution in [2.24, 2.45) is 5.92 Å². The summed E-state index contributed by atoms with van der Waals surface area (Å²) in [6.45, 7) is 0. The summed E-state index contributed by atoms with van der Waals surface area (Å²) in [5, 5.41) is 5.25. The van der Waals surface area contributed by atoms with Gasteiger partial charge in [0.15, 0.2) is 5.78 Å². The first-order valence-corrected chi connectivity index (χ1v) is 11.4. The molecule has 4 aromatic rings. The second-order valence-electron chi connectivity index (χ2n) is 8.18. The maximum absolute atomic E-state index is 13.7. The van der Waals surface area contributed by atoms with Crippen molar-refractivity contribution in [3.8, 4) is 0 Å². The number of halogens is 2. The van der Waals surface area contributed by atoms with E-state index in [0.29, 0.717) is 5.56 Å². The van der Waals surface area contributed by atoms with Crippen molar-refractivity contribution < 1.29 is 23.2 Å². The van der Waals surface area contributed by atoms with Crippen LogP contribution in [0.4, 0.5) is 20.4 Å². The zero-order valence-corrected chi connectivity index (χ0v) is 19.5. The molecule has 2 amide bonds. The Morgan fingerprint density at radius 2 is 1.16 bits per heavy atom. The first-order chi connectivity index (χ1) is 17.9. The van der Waals surface area contributed by atoms with Crippen LogP contribution in [0.15, 0.2) is 97.3 Å². The number of rotatable bonds is 9. The van der Waals surface area contributed by atoms with Crippen LogP contribution in [0.2, 0.25) is 0 Å². The molecule has 2 heterocycles. The van der Waals surface area contributed by atoms with E-state index in [0.717, 1.165) is 12.1 Å². The summed E-state index contributed by atoms with van der Waals surface area (Å²) in [6.07, 6.45) is 2.68. The van der Waals surface area contributed by atoms with Gasteiger partial charge in [-0.1, -0.05) is 24.3 Å². The lowest BCUT2D eigenvalue weighted by Gasteiger charge is -2.26. The van der Waals surface area contributed by atoms with E-state index >= 15 is 0 Å². The number of nitrogens with one attached hydrogen (secondary N) is 2. The number of anilines is 2. The van der Waals surface area contributed by atoms with Crippen LogP contribution in [0, 0.1) is 17.6 Å². The van der Waals surface area contributed by atoms with Crippen molar-refractivity contribution >= 4 is 29.2 Å². The van der Waals surface area contributed by atoms with Crippen molar-refractivity contribution in [2.45, 2.75) is 12.3 Å². The third-order valence-corrected chi connectivity index (χ3v) is 5.67. The Bertz CT molecular complexity index is 1310. The molecule has 0 aliphatic rings. The Hall–Kier alpha value is -4.79. The van der Waals surface area contributed by atoms with Gasteiger partial charge >= 0.3 is 0 Å². The van der Waals surface area contributed by atoms with Gasteiger partial charge in [0, 0.05) is 30.3 Å². The molecule has 9 heteroatoms. The average molecular weight is 501 g/mol. The SMILES string of the molecule is O=C(CC(c1ccc(F)cc1)C(C(=O)Nc1ccccn1)C(=O)Nc1ccccn1)c1ccc(F)cc1. The van der Waals surface area contributed by atoms with Crippen LogP contribution < -0.4 is 10.6 Å². The first kappa shape index (κ1) is 25.3. The number of hydrogen-bond donors (Lipinski definition) is 2. The molecular weight excluding hydrogens is 478 g/mol. The number of benzene rings is 2. The quantitative estimate of drug-likeness (QED) is 0.249. The molecule has 4 rings (SSSR count). The van der Waals surface area contributed by atoms with Gasteiger partial charge in [-0.25, -0.2) is 18.7 Å². The number of carbonyl (C=O) groups is 3. The fraction of sp³-hybridized carbons (Fsp3) is 0.107. The van der Waals surface area contributed by atoms with E-state index in [4.69, 9.17) is 0 Å². The smallest absolute Gasteiger partial charge is 0.238 e. The summed E-state index contributed by atoms with van der Waals surface area (Å²) in [5.41, 5.74) is 0.608. The molecule has 0 spiro atoms. The molecule has 0 radical (unpaired) electrons. The van der Waals surface area contributed by atoms with Crippen molar-refractivity contribution in [2.75, 3.05) is 10.6 Å². The molecule has 7 nitrogen and oxygen atoms in total. The van der Waals surface area contributed by atoms with Crippen LogP contribution in [-0.4, -0.2) is 27.6 Å². The van der Waals surface area contributed by atoms with Gasteiger partial charge in [0.25, 0.3) is 0 Å². The van der Waals surface area contributed by atoms with Crippen molar-refractivity contribution in [3.05, 3.63) is 120 Å². The minimum absolute atomic E-state index is 0.211. The standard InChI is InChI=1S/C28H22F2N4O3/c29-20-11-7-18(8-12-20)22(17-23(35)19-9-13-21(30)14-10-19)26(27(36)33-24-5-1-3-15-31-24)28(37)34-25-6-2-4-16-32-25/h1-16,22,26H,17H2,(H,31,33,36)(H,32,34,37). The fourth-order valence-corrected chi connectivity index (χ4v) is 3.86. The molecule has 2 aromatic carbocycles. The summed E-state index contributed by atoms with van der Waals surface area (Å²) in [4.78, 5) is 48.4. The highest BCUT2D eigenvalue weighted by Crippen LogP contribution is 2.32. The van der Waals surface area contributed by atoms with E-state index in [1.54, 1.807) is 36.4 Å². The van der Waals surface area contributed by atoms with Gasteiger partial charge in [-0.2, -0.15) is 0 Å². The highest BCUT2D eigenvalue weighted by Gasteiger charge is 2.38. The first-order valence-electron chi connectivity index (χ1n) is 11.4. The molecular formula is C28H22F2N4O3. The molecule has 37 heavy (non-hydrogen) atoms. The third-order valence-electron chi connectivity index (χ3n) is 5.67. The molecule has 186 valence electrons. The number of hydrogen-bond acceptors (Lipinski definition) is 5. The van der Waals surface area contributed by atoms with Crippen LogP contribution in [0.1, 0.15) is 28.3 Å². The van der Waals surface area contributed by atoms with E-state index in [-0.39, 0.29) is 23.6 Å².